The van der Waals surface area contributed by atoms with E-state index in [9.17, 15) is 0 Å². The zero-order valence-electron chi connectivity index (χ0n) is 15.7. The molecule has 0 saturated heterocycles. The first-order valence-electron chi connectivity index (χ1n) is 8.69. The van der Waals surface area contributed by atoms with Crippen LogP contribution in [0.4, 0.5) is 11.4 Å². The van der Waals surface area contributed by atoms with Crippen molar-refractivity contribution < 1.29 is 0 Å². The van der Waals surface area contributed by atoms with E-state index in [0.29, 0.717) is 0 Å². The van der Waals surface area contributed by atoms with E-state index in [1.807, 2.05) is 19.9 Å². The molecule has 0 bridgehead atoms. The van der Waals surface area contributed by atoms with E-state index in [0.717, 1.165) is 22.6 Å². The van der Waals surface area contributed by atoms with Crippen molar-refractivity contribution in [1.82, 2.24) is 0 Å². The highest BCUT2D eigenvalue weighted by Gasteiger charge is 2.13. The third-order valence-corrected chi connectivity index (χ3v) is 4.08. The molecule has 0 aromatic heterocycles. The van der Waals surface area contributed by atoms with Crippen molar-refractivity contribution in [3.05, 3.63) is 95.7 Å². The molecule has 0 fully saturated rings. The smallest absolute Gasteiger partial charge is 0.0467 e. The predicted octanol–water partition coefficient (Wildman–Crippen LogP) is 7.29. The Morgan fingerprint density at radius 2 is 1.56 bits per heavy atom. The van der Waals surface area contributed by atoms with Crippen LogP contribution in [0.25, 0.3) is 12.2 Å². The van der Waals surface area contributed by atoms with Crippen molar-refractivity contribution in [2.24, 2.45) is 0 Å². The first kappa shape index (κ1) is 18.5. The van der Waals surface area contributed by atoms with Gasteiger partial charge in [0.1, 0.15) is 0 Å². The minimum Gasteiger partial charge on any atom is -0.311 e. The second kappa shape index (κ2) is 8.89. The molecular formula is C24H27N. The minimum absolute atomic E-state index is 1.13. The SMILES string of the molecule is C=Cc1ccc(N(C(/C=C\C)=C/C)c2ccc(C)cc2)cc1/C=C\C. The third-order valence-electron chi connectivity index (χ3n) is 4.08. The summed E-state index contributed by atoms with van der Waals surface area (Å²) in [5.74, 6) is 0. The number of anilines is 2. The van der Waals surface area contributed by atoms with Gasteiger partial charge < -0.3 is 4.90 Å². The molecule has 2 aromatic carbocycles. The highest BCUT2D eigenvalue weighted by molar-refractivity contribution is 5.75. The Bertz CT molecular complexity index is 804. The van der Waals surface area contributed by atoms with E-state index in [2.05, 4.69) is 98.2 Å². The summed E-state index contributed by atoms with van der Waals surface area (Å²) in [6.07, 6.45) is 12.4. The van der Waals surface area contributed by atoms with Gasteiger partial charge in [0.15, 0.2) is 0 Å². The zero-order chi connectivity index (χ0) is 18.2. The van der Waals surface area contributed by atoms with Crippen LogP contribution in [-0.4, -0.2) is 0 Å². The molecule has 0 heterocycles. The molecule has 25 heavy (non-hydrogen) atoms. The molecule has 128 valence electrons. The quantitative estimate of drug-likeness (QED) is 0.503. The third kappa shape index (κ3) is 4.39. The molecule has 0 spiro atoms. The van der Waals surface area contributed by atoms with Gasteiger partial charge in [-0.15, -0.1) is 0 Å². The number of benzene rings is 2. The van der Waals surface area contributed by atoms with Crippen LogP contribution in [0, 0.1) is 6.92 Å². The van der Waals surface area contributed by atoms with Crippen molar-refractivity contribution in [3.63, 3.8) is 0 Å². The maximum absolute atomic E-state index is 3.93. The summed E-state index contributed by atoms with van der Waals surface area (Å²) in [6, 6.07) is 15.1. The van der Waals surface area contributed by atoms with Gasteiger partial charge in [0.25, 0.3) is 0 Å². The van der Waals surface area contributed by atoms with Crippen LogP contribution in [0.1, 0.15) is 37.5 Å². The number of hydrogen-bond donors (Lipinski definition) is 0. The lowest BCUT2D eigenvalue weighted by atomic mass is 10.0. The summed E-state index contributed by atoms with van der Waals surface area (Å²) >= 11 is 0. The fourth-order valence-corrected chi connectivity index (χ4v) is 2.82. The van der Waals surface area contributed by atoms with E-state index < -0.39 is 0 Å². The summed E-state index contributed by atoms with van der Waals surface area (Å²) < 4.78 is 0. The summed E-state index contributed by atoms with van der Waals surface area (Å²) in [4.78, 5) is 2.28. The van der Waals surface area contributed by atoms with Gasteiger partial charge in [-0.2, -0.15) is 0 Å². The Morgan fingerprint density at radius 1 is 0.880 bits per heavy atom. The van der Waals surface area contributed by atoms with E-state index in [1.54, 1.807) is 0 Å². The van der Waals surface area contributed by atoms with Crippen molar-refractivity contribution in [3.8, 4) is 0 Å². The molecule has 0 unspecified atom stereocenters. The van der Waals surface area contributed by atoms with Gasteiger partial charge in [-0.3, -0.25) is 0 Å². The largest absolute Gasteiger partial charge is 0.311 e. The van der Waals surface area contributed by atoms with Gasteiger partial charge in [-0.25, -0.2) is 0 Å². The molecule has 0 radical (unpaired) electrons. The van der Waals surface area contributed by atoms with Gasteiger partial charge in [0, 0.05) is 17.1 Å². The molecule has 0 saturated carbocycles. The highest BCUT2D eigenvalue weighted by Crippen LogP contribution is 2.32. The van der Waals surface area contributed by atoms with Crippen molar-refractivity contribution >= 4 is 23.5 Å². The molecule has 0 N–H and O–H groups in total. The maximum atomic E-state index is 3.93. The average molecular weight is 329 g/mol. The Hall–Kier alpha value is -2.80. The normalized spacial score (nSPS) is 12.1. The maximum Gasteiger partial charge on any atom is 0.0467 e. The van der Waals surface area contributed by atoms with Crippen molar-refractivity contribution in [2.45, 2.75) is 27.7 Å². The lowest BCUT2D eigenvalue weighted by molar-refractivity contribution is 1.19. The van der Waals surface area contributed by atoms with Gasteiger partial charge in [-0.05, 0) is 69.2 Å². The Morgan fingerprint density at radius 3 is 2.12 bits per heavy atom. The van der Waals surface area contributed by atoms with Crippen LogP contribution >= 0.6 is 0 Å². The monoisotopic (exact) mass is 329 g/mol. The summed E-state index contributed by atoms with van der Waals surface area (Å²) in [5.41, 5.74) is 6.99. The molecule has 0 aliphatic rings. The fourth-order valence-electron chi connectivity index (χ4n) is 2.82. The number of hydrogen-bond acceptors (Lipinski definition) is 1. The lowest BCUT2D eigenvalue weighted by Gasteiger charge is -2.27. The van der Waals surface area contributed by atoms with E-state index in [-0.39, 0.29) is 0 Å². The van der Waals surface area contributed by atoms with Gasteiger partial charge in [-0.1, -0.05) is 60.7 Å². The lowest BCUT2D eigenvalue weighted by Crippen LogP contribution is -2.15. The fraction of sp³-hybridized carbons (Fsp3) is 0.167. The second-order valence-corrected chi connectivity index (χ2v) is 5.90. The number of rotatable bonds is 6. The number of aryl methyl sites for hydroxylation is 1. The molecule has 2 aromatic rings. The molecule has 2 rings (SSSR count). The van der Waals surface area contributed by atoms with Gasteiger partial charge in [0.05, 0.1) is 0 Å². The molecule has 0 atom stereocenters. The van der Waals surface area contributed by atoms with Gasteiger partial charge >= 0.3 is 0 Å². The molecule has 1 heteroatoms. The number of allylic oxidation sites excluding steroid dienone is 4. The molecule has 0 amide bonds. The van der Waals surface area contributed by atoms with Crippen LogP contribution in [0.3, 0.4) is 0 Å². The number of nitrogens with zero attached hydrogens (tertiary/aromatic N) is 1. The highest BCUT2D eigenvalue weighted by atomic mass is 15.1. The first-order chi connectivity index (χ1) is 12.1. The standard InChI is InChI=1S/C24H27N/c1-6-10-21-18-24(17-14-20(21)8-3)25(22(9-4)11-7-2)23-15-12-19(5)13-16-23/h6-18H,3H2,1-2,4-5H3/b10-6-,11-7-,22-9+. The van der Waals surface area contributed by atoms with Crippen molar-refractivity contribution in [2.75, 3.05) is 4.90 Å². The topological polar surface area (TPSA) is 3.24 Å². The average Bonchev–Trinajstić information content (AvgIpc) is 2.63. The molecule has 0 aliphatic carbocycles. The minimum atomic E-state index is 1.13. The summed E-state index contributed by atoms with van der Waals surface area (Å²) in [7, 11) is 0. The summed E-state index contributed by atoms with van der Waals surface area (Å²) in [6.45, 7) is 12.2. The summed E-state index contributed by atoms with van der Waals surface area (Å²) in [5, 5.41) is 0. The Balaban J connectivity index is 2.65. The Kier molecular flexibility index (Phi) is 6.59. The van der Waals surface area contributed by atoms with Crippen LogP contribution in [0.15, 0.2) is 79.0 Å². The van der Waals surface area contributed by atoms with Crippen LogP contribution in [0.5, 0.6) is 0 Å². The molecule has 1 nitrogen and oxygen atoms in total. The van der Waals surface area contributed by atoms with Crippen LogP contribution < -0.4 is 4.90 Å². The van der Waals surface area contributed by atoms with Crippen molar-refractivity contribution in [1.29, 1.82) is 0 Å². The van der Waals surface area contributed by atoms with E-state index in [4.69, 9.17) is 0 Å². The molecular weight excluding hydrogens is 302 g/mol. The predicted molar refractivity (Wildman–Crippen MR) is 113 cm³/mol. The zero-order valence-corrected chi connectivity index (χ0v) is 15.7. The first-order valence-corrected chi connectivity index (χ1v) is 8.69. The Labute approximate surface area is 152 Å². The van der Waals surface area contributed by atoms with Crippen LogP contribution in [-0.2, 0) is 0 Å². The second-order valence-electron chi connectivity index (χ2n) is 5.90. The molecule has 0 aliphatic heterocycles. The van der Waals surface area contributed by atoms with Crippen LogP contribution in [0.2, 0.25) is 0 Å². The van der Waals surface area contributed by atoms with E-state index in [1.165, 1.54) is 11.1 Å². The van der Waals surface area contributed by atoms with Gasteiger partial charge in [0.2, 0.25) is 0 Å². The van der Waals surface area contributed by atoms with E-state index >= 15 is 0 Å².